The van der Waals surface area contributed by atoms with Gasteiger partial charge in [-0.2, -0.15) is 0 Å². The van der Waals surface area contributed by atoms with Crippen molar-refractivity contribution in [3.63, 3.8) is 0 Å². The van der Waals surface area contributed by atoms with E-state index in [4.69, 9.17) is 23.2 Å². The molecule has 9 heteroatoms. The third-order valence-corrected chi connectivity index (χ3v) is 5.15. The Hall–Kier alpha value is -2.09. The smallest absolute Gasteiger partial charge is 0.234 e. The maximum atomic E-state index is 13.0. The second-order valence-corrected chi connectivity index (χ2v) is 7.06. The first-order valence-electron chi connectivity index (χ1n) is 7.47. The van der Waals surface area contributed by atoms with E-state index in [0.717, 1.165) is 5.56 Å². The van der Waals surface area contributed by atoms with Crippen molar-refractivity contribution in [2.75, 3.05) is 11.1 Å². The molecule has 0 atom stereocenters. The highest BCUT2D eigenvalue weighted by atomic mass is 35.5. The third-order valence-electron chi connectivity index (χ3n) is 3.50. The van der Waals surface area contributed by atoms with Crippen molar-refractivity contribution in [1.82, 2.24) is 14.8 Å². The number of halogens is 3. The second kappa shape index (κ2) is 8.07. The molecule has 0 saturated heterocycles. The average Bonchev–Trinajstić information content (AvgIpc) is 2.98. The molecule has 2 aromatic carbocycles. The van der Waals surface area contributed by atoms with E-state index in [-0.39, 0.29) is 17.5 Å². The molecule has 0 fully saturated rings. The number of benzene rings is 2. The zero-order chi connectivity index (χ0) is 18.7. The topological polar surface area (TPSA) is 59.8 Å². The van der Waals surface area contributed by atoms with Crippen molar-refractivity contribution in [2.45, 2.75) is 5.16 Å². The highest BCUT2D eigenvalue weighted by Crippen LogP contribution is 2.30. The van der Waals surface area contributed by atoms with Crippen molar-refractivity contribution >= 4 is 46.6 Å². The molecule has 1 N–H and O–H groups in total. The lowest BCUT2D eigenvalue weighted by atomic mass is 10.2. The van der Waals surface area contributed by atoms with Gasteiger partial charge in [0.1, 0.15) is 5.82 Å². The lowest BCUT2D eigenvalue weighted by molar-refractivity contribution is -0.113. The number of hydrogen-bond donors (Lipinski definition) is 1. The van der Waals surface area contributed by atoms with E-state index in [9.17, 15) is 9.18 Å². The first-order valence-corrected chi connectivity index (χ1v) is 9.22. The van der Waals surface area contributed by atoms with E-state index in [1.165, 1.54) is 23.9 Å². The third kappa shape index (κ3) is 4.17. The van der Waals surface area contributed by atoms with E-state index >= 15 is 0 Å². The molecular weight excluding hydrogens is 398 g/mol. The van der Waals surface area contributed by atoms with Gasteiger partial charge in [0.15, 0.2) is 11.0 Å². The van der Waals surface area contributed by atoms with E-state index in [1.54, 1.807) is 41.9 Å². The molecule has 3 aromatic rings. The molecule has 0 spiro atoms. The lowest BCUT2D eigenvalue weighted by Crippen LogP contribution is -2.15. The maximum Gasteiger partial charge on any atom is 0.234 e. The minimum Gasteiger partial charge on any atom is -0.323 e. The van der Waals surface area contributed by atoms with Crippen LogP contribution in [0.3, 0.4) is 0 Å². The minimum atomic E-state index is -0.319. The Bertz CT molecular complexity index is 926. The number of amides is 1. The SMILES string of the molecule is Cn1c(SCC(=O)Nc2c(Cl)cccc2Cl)nnc1-c1ccc(F)cc1. The van der Waals surface area contributed by atoms with Gasteiger partial charge in [0.2, 0.25) is 5.91 Å². The summed E-state index contributed by atoms with van der Waals surface area (Å²) in [5.74, 6) is 0.107. The number of thioether (sulfide) groups is 1. The van der Waals surface area contributed by atoms with Gasteiger partial charge in [0.05, 0.1) is 21.5 Å². The molecule has 0 saturated carbocycles. The van der Waals surface area contributed by atoms with Gasteiger partial charge in [-0.3, -0.25) is 4.79 Å². The van der Waals surface area contributed by atoms with Crippen LogP contribution in [-0.4, -0.2) is 26.4 Å². The summed E-state index contributed by atoms with van der Waals surface area (Å²) in [7, 11) is 1.78. The lowest BCUT2D eigenvalue weighted by Gasteiger charge is -2.09. The van der Waals surface area contributed by atoms with E-state index < -0.39 is 0 Å². The number of anilines is 1. The fourth-order valence-electron chi connectivity index (χ4n) is 2.21. The number of nitrogens with one attached hydrogen (secondary N) is 1. The van der Waals surface area contributed by atoms with Gasteiger partial charge in [0.25, 0.3) is 0 Å². The maximum absolute atomic E-state index is 13.0. The molecule has 0 bridgehead atoms. The molecule has 0 aliphatic rings. The predicted molar refractivity (Wildman–Crippen MR) is 102 cm³/mol. The standard InChI is InChI=1S/C17H13Cl2FN4OS/c1-24-16(10-5-7-11(20)8-6-10)22-23-17(24)26-9-14(25)21-15-12(18)3-2-4-13(15)19/h2-8H,9H2,1H3,(H,21,25). The molecule has 0 unspecified atom stereocenters. The van der Waals surface area contributed by atoms with Gasteiger partial charge in [-0.05, 0) is 36.4 Å². The van der Waals surface area contributed by atoms with Gasteiger partial charge in [-0.25, -0.2) is 4.39 Å². The number of rotatable bonds is 5. The van der Waals surface area contributed by atoms with E-state index in [1.807, 2.05) is 0 Å². The molecule has 0 aliphatic carbocycles. The molecule has 1 heterocycles. The highest BCUT2D eigenvalue weighted by molar-refractivity contribution is 7.99. The molecular formula is C17H13Cl2FN4OS. The second-order valence-electron chi connectivity index (χ2n) is 5.31. The Morgan fingerprint density at radius 1 is 1.15 bits per heavy atom. The van der Waals surface area contributed by atoms with E-state index in [2.05, 4.69) is 15.5 Å². The summed E-state index contributed by atoms with van der Waals surface area (Å²) >= 11 is 13.3. The van der Waals surface area contributed by atoms with Crippen LogP contribution < -0.4 is 5.32 Å². The summed E-state index contributed by atoms with van der Waals surface area (Å²) in [6.07, 6.45) is 0. The highest BCUT2D eigenvalue weighted by Gasteiger charge is 2.14. The molecule has 0 radical (unpaired) electrons. The van der Waals surface area contributed by atoms with Crippen LogP contribution in [-0.2, 0) is 11.8 Å². The Morgan fingerprint density at radius 3 is 2.46 bits per heavy atom. The molecule has 1 aromatic heterocycles. The number of carbonyl (C=O) groups is 1. The summed E-state index contributed by atoms with van der Waals surface area (Å²) in [6, 6.07) is 11.0. The number of hydrogen-bond acceptors (Lipinski definition) is 4. The number of carbonyl (C=O) groups excluding carboxylic acids is 1. The molecule has 1 amide bonds. The van der Waals surface area contributed by atoms with Crippen LogP contribution in [0.4, 0.5) is 10.1 Å². The van der Waals surface area contributed by atoms with Gasteiger partial charge >= 0.3 is 0 Å². The molecule has 3 rings (SSSR count). The number of aromatic nitrogens is 3. The quantitative estimate of drug-likeness (QED) is 0.621. The first-order chi connectivity index (χ1) is 12.5. The monoisotopic (exact) mass is 410 g/mol. The van der Waals surface area contributed by atoms with Crippen molar-refractivity contribution in [3.8, 4) is 11.4 Å². The molecule has 134 valence electrons. The van der Waals surface area contributed by atoms with Crippen LogP contribution in [0.15, 0.2) is 47.6 Å². The van der Waals surface area contributed by atoms with Crippen molar-refractivity contribution < 1.29 is 9.18 Å². The number of nitrogens with zero attached hydrogens (tertiary/aromatic N) is 3. The van der Waals surface area contributed by atoms with Crippen molar-refractivity contribution in [2.24, 2.45) is 7.05 Å². The van der Waals surface area contributed by atoms with Gasteiger partial charge < -0.3 is 9.88 Å². The van der Waals surface area contributed by atoms with Crippen LogP contribution in [0.1, 0.15) is 0 Å². The Morgan fingerprint density at radius 2 is 1.81 bits per heavy atom. The van der Waals surface area contributed by atoms with Crippen molar-refractivity contribution in [3.05, 3.63) is 58.3 Å². The van der Waals surface area contributed by atoms with Crippen LogP contribution >= 0.6 is 35.0 Å². The van der Waals surface area contributed by atoms with Gasteiger partial charge in [-0.15, -0.1) is 10.2 Å². The summed E-state index contributed by atoms with van der Waals surface area (Å²) < 4.78 is 14.8. The largest absolute Gasteiger partial charge is 0.323 e. The molecule has 26 heavy (non-hydrogen) atoms. The van der Waals surface area contributed by atoms with Crippen LogP contribution in [0.5, 0.6) is 0 Å². The summed E-state index contributed by atoms with van der Waals surface area (Å²) in [4.78, 5) is 12.2. The fourth-order valence-corrected chi connectivity index (χ4v) is 3.42. The Labute approximate surface area is 163 Å². The van der Waals surface area contributed by atoms with Crippen LogP contribution in [0, 0.1) is 5.82 Å². The normalized spacial score (nSPS) is 10.8. The fraction of sp³-hybridized carbons (Fsp3) is 0.118. The summed E-state index contributed by atoms with van der Waals surface area (Å²) in [5, 5.41) is 12.2. The predicted octanol–water partition coefficient (Wildman–Crippen LogP) is 4.66. The van der Waals surface area contributed by atoms with Gasteiger partial charge in [0, 0.05) is 12.6 Å². The summed E-state index contributed by atoms with van der Waals surface area (Å²) in [6.45, 7) is 0. The van der Waals surface area contributed by atoms with Gasteiger partial charge in [-0.1, -0.05) is 41.0 Å². The number of para-hydroxylation sites is 1. The van der Waals surface area contributed by atoms with Crippen LogP contribution in [0.2, 0.25) is 10.0 Å². The van der Waals surface area contributed by atoms with E-state index in [0.29, 0.717) is 26.7 Å². The molecule has 5 nitrogen and oxygen atoms in total. The first kappa shape index (κ1) is 18.7. The summed E-state index contributed by atoms with van der Waals surface area (Å²) in [5.41, 5.74) is 1.12. The van der Waals surface area contributed by atoms with Crippen molar-refractivity contribution in [1.29, 1.82) is 0 Å². The average molecular weight is 411 g/mol. The van der Waals surface area contributed by atoms with Crippen LogP contribution in [0.25, 0.3) is 11.4 Å². The zero-order valence-corrected chi connectivity index (χ0v) is 15.9. The minimum absolute atomic E-state index is 0.108. The molecule has 0 aliphatic heterocycles. The zero-order valence-electron chi connectivity index (χ0n) is 13.5. The Balaban J connectivity index is 1.67. The Kier molecular flexibility index (Phi) is 5.80.